The minimum Gasteiger partial charge on any atom is -0.457 e. The lowest BCUT2D eigenvalue weighted by atomic mass is 9.83. The number of rotatable bonds is 3. The number of ether oxygens (including phenoxy) is 2. The Morgan fingerprint density at radius 1 is 1.06 bits per heavy atom. The molecule has 1 fully saturated rings. The fraction of sp³-hybridized carbons (Fsp3) is 0.292. The van der Waals surface area contributed by atoms with Crippen LogP contribution in [0.5, 0.6) is 11.5 Å². The van der Waals surface area contributed by atoms with E-state index in [2.05, 4.69) is 9.97 Å². The number of para-hydroxylation sites is 1. The fourth-order valence-corrected chi connectivity index (χ4v) is 4.37. The van der Waals surface area contributed by atoms with Crippen LogP contribution in [0.1, 0.15) is 34.5 Å². The summed E-state index contributed by atoms with van der Waals surface area (Å²) < 4.78 is 12.1. The van der Waals surface area contributed by atoms with E-state index in [1.54, 1.807) is 12.3 Å². The molecule has 0 bridgehead atoms. The number of anilines is 1. The zero-order valence-corrected chi connectivity index (χ0v) is 17.2. The highest BCUT2D eigenvalue weighted by atomic mass is 16.5. The molecule has 3 heterocycles. The summed E-state index contributed by atoms with van der Waals surface area (Å²) in [7, 11) is 0. The van der Waals surface area contributed by atoms with E-state index in [1.165, 1.54) is 0 Å². The maximum absolute atomic E-state index is 13.2. The molecule has 3 aromatic rings. The van der Waals surface area contributed by atoms with Gasteiger partial charge in [-0.1, -0.05) is 24.3 Å². The van der Waals surface area contributed by atoms with Gasteiger partial charge in [0, 0.05) is 24.8 Å². The zero-order chi connectivity index (χ0) is 21.3. The van der Waals surface area contributed by atoms with Crippen molar-refractivity contribution in [3.63, 3.8) is 0 Å². The highest BCUT2D eigenvalue weighted by Gasteiger charge is 2.43. The molecule has 1 amide bonds. The number of piperidine rings is 1. The molecule has 2 aliphatic heterocycles. The predicted molar refractivity (Wildman–Crippen MR) is 116 cm³/mol. The Bertz CT molecular complexity index is 1090. The maximum Gasteiger partial charge on any atom is 0.253 e. The van der Waals surface area contributed by atoms with E-state index in [9.17, 15) is 4.79 Å². The van der Waals surface area contributed by atoms with Gasteiger partial charge in [0.15, 0.2) is 0 Å². The molecule has 158 valence electrons. The van der Waals surface area contributed by atoms with Crippen molar-refractivity contribution in [1.82, 2.24) is 14.9 Å². The number of carbonyl (C=O) groups excluding carboxylic acids is 1. The zero-order valence-electron chi connectivity index (χ0n) is 17.2. The van der Waals surface area contributed by atoms with Gasteiger partial charge in [0.25, 0.3) is 5.91 Å². The Morgan fingerprint density at radius 2 is 1.84 bits per heavy atom. The second kappa shape index (κ2) is 8.00. The largest absolute Gasteiger partial charge is 0.457 e. The predicted octanol–water partition coefficient (Wildman–Crippen LogP) is 3.56. The van der Waals surface area contributed by atoms with E-state index in [4.69, 9.17) is 15.2 Å². The summed E-state index contributed by atoms with van der Waals surface area (Å²) in [6.45, 7) is 1.81. The van der Waals surface area contributed by atoms with Gasteiger partial charge in [0.1, 0.15) is 17.1 Å². The molecular formula is C24H24N4O3. The van der Waals surface area contributed by atoms with Crippen molar-refractivity contribution >= 4 is 11.9 Å². The van der Waals surface area contributed by atoms with Crippen LogP contribution in [0.15, 0.2) is 60.8 Å². The summed E-state index contributed by atoms with van der Waals surface area (Å²) in [6.07, 6.45) is 3.96. The third-order valence-corrected chi connectivity index (χ3v) is 5.98. The summed E-state index contributed by atoms with van der Waals surface area (Å²) in [5.41, 5.74) is 7.94. The molecule has 2 N–H and O–H groups in total. The SMILES string of the molecule is Nc1ncc2c(n1)C1(CCN(C(=O)c3cccc(Oc4ccccc4)c3)CC1)OCC2. The molecule has 2 aliphatic rings. The van der Waals surface area contributed by atoms with Gasteiger partial charge in [0.05, 0.1) is 12.3 Å². The van der Waals surface area contributed by atoms with E-state index in [1.807, 2.05) is 53.4 Å². The van der Waals surface area contributed by atoms with Gasteiger partial charge in [-0.15, -0.1) is 0 Å². The lowest BCUT2D eigenvalue weighted by molar-refractivity contribution is -0.0966. The van der Waals surface area contributed by atoms with E-state index in [0.29, 0.717) is 43.9 Å². The molecule has 2 aromatic carbocycles. The minimum absolute atomic E-state index is 0.00778. The highest BCUT2D eigenvalue weighted by Crippen LogP contribution is 2.40. The molecule has 7 nitrogen and oxygen atoms in total. The van der Waals surface area contributed by atoms with Crippen LogP contribution in [-0.4, -0.2) is 40.5 Å². The Labute approximate surface area is 180 Å². The first-order valence-electron chi connectivity index (χ1n) is 10.5. The van der Waals surface area contributed by atoms with Gasteiger partial charge < -0.3 is 20.1 Å². The van der Waals surface area contributed by atoms with Crippen molar-refractivity contribution < 1.29 is 14.3 Å². The molecule has 1 aromatic heterocycles. The minimum atomic E-state index is -0.486. The Kier molecular flexibility index (Phi) is 5.03. The van der Waals surface area contributed by atoms with Gasteiger partial charge in [-0.05, 0) is 55.2 Å². The van der Waals surface area contributed by atoms with Crippen molar-refractivity contribution in [1.29, 1.82) is 0 Å². The summed E-state index contributed by atoms with van der Waals surface area (Å²) in [5, 5.41) is 0. The van der Waals surface area contributed by atoms with Gasteiger partial charge >= 0.3 is 0 Å². The van der Waals surface area contributed by atoms with E-state index < -0.39 is 5.60 Å². The van der Waals surface area contributed by atoms with Gasteiger partial charge in [-0.2, -0.15) is 0 Å². The van der Waals surface area contributed by atoms with Crippen molar-refractivity contribution in [2.75, 3.05) is 25.4 Å². The molecule has 1 spiro atoms. The molecule has 1 saturated heterocycles. The quantitative estimate of drug-likeness (QED) is 0.702. The number of aromatic nitrogens is 2. The standard InChI is InChI=1S/C24H24N4O3/c25-23-26-16-18-9-14-30-24(21(18)27-23)10-12-28(13-11-24)22(29)17-5-4-8-20(15-17)31-19-6-2-1-3-7-19/h1-8,15-16H,9-14H2,(H2,25,26,27). The number of hydrogen-bond donors (Lipinski definition) is 1. The Morgan fingerprint density at radius 3 is 2.65 bits per heavy atom. The Hall–Kier alpha value is -3.45. The molecule has 0 saturated carbocycles. The van der Waals surface area contributed by atoms with Crippen molar-refractivity contribution in [2.24, 2.45) is 0 Å². The maximum atomic E-state index is 13.2. The highest BCUT2D eigenvalue weighted by molar-refractivity contribution is 5.94. The second-order valence-electron chi connectivity index (χ2n) is 7.93. The lowest BCUT2D eigenvalue weighted by Gasteiger charge is -2.44. The van der Waals surface area contributed by atoms with E-state index >= 15 is 0 Å². The summed E-state index contributed by atoms with van der Waals surface area (Å²) in [5.74, 6) is 1.63. The number of nitrogens with two attached hydrogens (primary N) is 1. The first-order valence-corrected chi connectivity index (χ1v) is 10.5. The van der Waals surface area contributed by atoms with Gasteiger partial charge in [-0.25, -0.2) is 9.97 Å². The number of likely N-dealkylation sites (tertiary alicyclic amines) is 1. The average Bonchev–Trinajstić information content (AvgIpc) is 2.81. The van der Waals surface area contributed by atoms with Crippen LogP contribution in [0, 0.1) is 0 Å². The molecule has 0 radical (unpaired) electrons. The molecular weight excluding hydrogens is 392 g/mol. The topological polar surface area (TPSA) is 90.6 Å². The fourth-order valence-electron chi connectivity index (χ4n) is 4.37. The molecule has 0 atom stereocenters. The van der Waals surface area contributed by atoms with Gasteiger partial charge in [0.2, 0.25) is 5.95 Å². The lowest BCUT2D eigenvalue weighted by Crippen LogP contribution is -2.49. The number of fused-ring (bicyclic) bond motifs is 2. The van der Waals surface area contributed by atoms with Crippen LogP contribution in [0.3, 0.4) is 0 Å². The number of amides is 1. The normalized spacial score (nSPS) is 17.2. The van der Waals surface area contributed by atoms with Crippen molar-refractivity contribution in [2.45, 2.75) is 24.9 Å². The van der Waals surface area contributed by atoms with Crippen molar-refractivity contribution in [3.8, 4) is 11.5 Å². The number of hydrogen-bond acceptors (Lipinski definition) is 6. The summed E-state index contributed by atoms with van der Waals surface area (Å²) in [6, 6.07) is 16.8. The summed E-state index contributed by atoms with van der Waals surface area (Å²) >= 11 is 0. The number of nitrogen functional groups attached to an aromatic ring is 1. The van der Waals surface area contributed by atoms with E-state index in [-0.39, 0.29) is 11.9 Å². The van der Waals surface area contributed by atoms with E-state index in [0.717, 1.165) is 23.4 Å². The molecule has 0 aliphatic carbocycles. The number of carbonyl (C=O) groups is 1. The van der Waals surface area contributed by atoms with Crippen LogP contribution in [-0.2, 0) is 16.8 Å². The van der Waals surface area contributed by atoms with Crippen LogP contribution < -0.4 is 10.5 Å². The first-order chi connectivity index (χ1) is 15.1. The third-order valence-electron chi connectivity index (χ3n) is 5.98. The van der Waals surface area contributed by atoms with Gasteiger partial charge in [-0.3, -0.25) is 4.79 Å². The summed E-state index contributed by atoms with van der Waals surface area (Å²) in [4.78, 5) is 23.6. The average molecular weight is 416 g/mol. The van der Waals surface area contributed by atoms with Crippen LogP contribution >= 0.6 is 0 Å². The second-order valence-corrected chi connectivity index (χ2v) is 7.93. The van der Waals surface area contributed by atoms with Crippen LogP contribution in [0.25, 0.3) is 0 Å². The first kappa shape index (κ1) is 19.5. The molecule has 7 heteroatoms. The molecule has 5 rings (SSSR count). The van der Waals surface area contributed by atoms with Crippen LogP contribution in [0.2, 0.25) is 0 Å². The van der Waals surface area contributed by atoms with Crippen molar-refractivity contribution in [3.05, 3.63) is 77.6 Å². The third kappa shape index (κ3) is 3.84. The monoisotopic (exact) mass is 416 g/mol. The molecule has 31 heavy (non-hydrogen) atoms. The number of nitrogens with zero attached hydrogens (tertiary/aromatic N) is 3. The van der Waals surface area contributed by atoms with Crippen LogP contribution in [0.4, 0.5) is 5.95 Å². The molecule has 0 unspecified atom stereocenters. The smallest absolute Gasteiger partial charge is 0.253 e. The Balaban J connectivity index is 1.30. The number of benzene rings is 2.